The molecule has 1 aliphatic heterocycles. The lowest BCUT2D eigenvalue weighted by Gasteiger charge is -2.24. The third-order valence-electron chi connectivity index (χ3n) is 4.03. The summed E-state index contributed by atoms with van der Waals surface area (Å²) in [4.78, 5) is 15.8. The van der Waals surface area contributed by atoms with E-state index in [-0.39, 0.29) is 6.09 Å². The summed E-state index contributed by atoms with van der Waals surface area (Å²) in [6.07, 6.45) is 4.60. The maximum absolute atomic E-state index is 12.8. The first-order valence-electron chi connectivity index (χ1n) is 8.29. The van der Waals surface area contributed by atoms with Gasteiger partial charge in [-0.05, 0) is 23.3 Å². The van der Waals surface area contributed by atoms with Crippen LogP contribution in [0.15, 0.2) is 48.5 Å². The molecule has 4 heteroatoms. The van der Waals surface area contributed by atoms with Crippen molar-refractivity contribution in [2.24, 2.45) is 0 Å². The number of rotatable bonds is 4. The van der Waals surface area contributed by atoms with Crippen molar-refractivity contribution in [2.75, 3.05) is 32.1 Å². The van der Waals surface area contributed by atoms with Crippen molar-refractivity contribution in [1.82, 2.24) is 0 Å². The van der Waals surface area contributed by atoms with E-state index in [4.69, 9.17) is 4.74 Å². The number of para-hydroxylation sites is 2. The largest absolute Gasteiger partial charge is 0.449 e. The molecular formula is C20H23N2O2+. The number of nitrogens with zero attached hydrogens (tertiary/aromatic N) is 1. The number of nitrogens with one attached hydrogen (secondary N) is 1. The number of carbonyl (C=O) groups excluding carboxylic acids is 1. The molecule has 0 aromatic heterocycles. The van der Waals surface area contributed by atoms with Crippen LogP contribution in [0.25, 0.3) is 12.2 Å². The Morgan fingerprint density at radius 3 is 2.04 bits per heavy atom. The van der Waals surface area contributed by atoms with E-state index in [1.54, 1.807) is 4.90 Å². The van der Waals surface area contributed by atoms with Gasteiger partial charge in [-0.3, -0.25) is 0 Å². The summed E-state index contributed by atoms with van der Waals surface area (Å²) in [6, 6.07) is 15.7. The number of benzene rings is 2. The lowest BCUT2D eigenvalue weighted by atomic mass is 10.1. The first-order valence-corrected chi connectivity index (χ1v) is 8.29. The second-order valence-corrected chi connectivity index (χ2v) is 6.21. The van der Waals surface area contributed by atoms with Gasteiger partial charge in [0.1, 0.15) is 0 Å². The Morgan fingerprint density at radius 2 is 1.50 bits per heavy atom. The van der Waals surface area contributed by atoms with Crippen molar-refractivity contribution in [3.63, 3.8) is 0 Å². The molecule has 24 heavy (non-hydrogen) atoms. The van der Waals surface area contributed by atoms with Crippen LogP contribution in [0.2, 0.25) is 0 Å². The summed E-state index contributed by atoms with van der Waals surface area (Å²) in [5.41, 5.74) is 3.70. The highest BCUT2D eigenvalue weighted by atomic mass is 16.6. The van der Waals surface area contributed by atoms with Gasteiger partial charge in [0.15, 0.2) is 0 Å². The predicted molar refractivity (Wildman–Crippen MR) is 97.6 cm³/mol. The molecule has 0 fully saturated rings. The molecule has 0 saturated carbocycles. The third-order valence-corrected chi connectivity index (χ3v) is 4.03. The minimum absolute atomic E-state index is 0.327. The molecule has 0 aliphatic carbocycles. The van der Waals surface area contributed by atoms with E-state index >= 15 is 0 Å². The molecule has 3 rings (SSSR count). The van der Waals surface area contributed by atoms with Crippen LogP contribution in [-0.4, -0.2) is 33.3 Å². The zero-order valence-electron chi connectivity index (χ0n) is 14.2. The zero-order chi connectivity index (χ0) is 16.9. The molecule has 2 aromatic rings. The molecule has 1 aliphatic rings. The van der Waals surface area contributed by atoms with Gasteiger partial charge >= 0.3 is 6.09 Å². The van der Waals surface area contributed by atoms with E-state index in [9.17, 15) is 4.79 Å². The minimum Gasteiger partial charge on any atom is -0.449 e. The predicted octanol–water partition coefficient (Wildman–Crippen LogP) is 2.98. The molecule has 2 aromatic carbocycles. The number of anilines is 2. The Balaban J connectivity index is 1.88. The molecular weight excluding hydrogens is 300 g/mol. The summed E-state index contributed by atoms with van der Waals surface area (Å²) >= 11 is 0. The van der Waals surface area contributed by atoms with Gasteiger partial charge in [-0.15, -0.1) is 0 Å². The quantitative estimate of drug-likeness (QED) is 0.878. The maximum Gasteiger partial charge on any atom is 0.418 e. The molecule has 0 bridgehead atoms. The summed E-state index contributed by atoms with van der Waals surface area (Å²) in [6.45, 7) is 1.40. The van der Waals surface area contributed by atoms with Crippen LogP contribution in [0, 0.1) is 0 Å². The van der Waals surface area contributed by atoms with Crippen molar-refractivity contribution in [2.45, 2.75) is 6.42 Å². The zero-order valence-corrected chi connectivity index (χ0v) is 14.2. The van der Waals surface area contributed by atoms with E-state index in [0.29, 0.717) is 6.61 Å². The number of hydrogen-bond donors (Lipinski definition) is 1. The molecule has 0 unspecified atom stereocenters. The number of carbonyl (C=O) groups is 1. The fraction of sp³-hybridized carbons (Fsp3) is 0.250. The highest BCUT2D eigenvalue weighted by Gasteiger charge is 2.24. The van der Waals surface area contributed by atoms with E-state index < -0.39 is 0 Å². The molecule has 1 N–H and O–H groups in total. The Morgan fingerprint density at radius 1 is 0.958 bits per heavy atom. The van der Waals surface area contributed by atoms with Gasteiger partial charge in [0, 0.05) is 6.42 Å². The summed E-state index contributed by atoms with van der Waals surface area (Å²) < 4.78 is 5.55. The second-order valence-electron chi connectivity index (χ2n) is 6.21. The molecule has 4 nitrogen and oxygen atoms in total. The maximum atomic E-state index is 12.8. The number of amides is 1. The van der Waals surface area contributed by atoms with Crippen LogP contribution in [0.4, 0.5) is 16.2 Å². The highest BCUT2D eigenvalue weighted by molar-refractivity contribution is 6.03. The number of ether oxygens (including phenoxy) is 1. The fourth-order valence-electron chi connectivity index (χ4n) is 2.82. The number of hydrogen-bond acceptors (Lipinski definition) is 2. The standard InChI is InChI=1S/C20H22N2O2/c1-21(2)14-7-15-24-20(23)22-18-10-5-3-8-16(18)12-13-17-9-4-6-11-19(17)22/h3-6,8-13H,7,14-15H2,1-2H3/p+1. The normalized spacial score (nSPS) is 12.5. The van der Waals surface area contributed by atoms with Gasteiger partial charge in [-0.2, -0.15) is 0 Å². The summed E-state index contributed by atoms with van der Waals surface area (Å²) in [5, 5.41) is 0. The van der Waals surface area contributed by atoms with Crippen molar-refractivity contribution in [1.29, 1.82) is 0 Å². The van der Waals surface area contributed by atoms with Gasteiger partial charge in [0.25, 0.3) is 0 Å². The van der Waals surface area contributed by atoms with E-state index in [1.165, 1.54) is 4.90 Å². The topological polar surface area (TPSA) is 34.0 Å². The molecule has 1 amide bonds. The average Bonchev–Trinajstić information content (AvgIpc) is 2.75. The molecule has 1 heterocycles. The van der Waals surface area contributed by atoms with Gasteiger partial charge < -0.3 is 9.64 Å². The van der Waals surface area contributed by atoms with Gasteiger partial charge in [0.05, 0.1) is 38.6 Å². The SMILES string of the molecule is C[NH+](C)CCCOC(=O)N1c2ccccc2C=Cc2ccccc21. The smallest absolute Gasteiger partial charge is 0.418 e. The second kappa shape index (κ2) is 7.32. The molecule has 0 saturated heterocycles. The minimum atomic E-state index is -0.327. The van der Waals surface area contributed by atoms with Crippen LogP contribution in [0.5, 0.6) is 0 Å². The third kappa shape index (κ3) is 3.49. The summed E-state index contributed by atoms with van der Waals surface area (Å²) in [5.74, 6) is 0. The van der Waals surface area contributed by atoms with Crippen LogP contribution >= 0.6 is 0 Å². The van der Waals surface area contributed by atoms with Gasteiger partial charge in [0.2, 0.25) is 0 Å². The molecule has 0 radical (unpaired) electrons. The average molecular weight is 323 g/mol. The van der Waals surface area contributed by atoms with E-state index in [0.717, 1.165) is 35.5 Å². The monoisotopic (exact) mass is 323 g/mol. The van der Waals surface area contributed by atoms with Crippen molar-refractivity contribution >= 4 is 29.6 Å². The first-order chi connectivity index (χ1) is 11.7. The Bertz CT molecular complexity index is 703. The Labute approximate surface area is 143 Å². The fourth-order valence-corrected chi connectivity index (χ4v) is 2.82. The molecule has 0 spiro atoms. The van der Waals surface area contributed by atoms with E-state index in [1.807, 2.05) is 60.7 Å². The number of fused-ring (bicyclic) bond motifs is 2. The van der Waals surface area contributed by atoms with Crippen molar-refractivity contribution in [3.8, 4) is 0 Å². The van der Waals surface area contributed by atoms with Gasteiger partial charge in [-0.1, -0.05) is 48.6 Å². The lowest BCUT2D eigenvalue weighted by molar-refractivity contribution is -0.858. The first kappa shape index (κ1) is 16.3. The van der Waals surface area contributed by atoms with Crippen molar-refractivity contribution in [3.05, 3.63) is 59.7 Å². The molecule has 124 valence electrons. The van der Waals surface area contributed by atoms with E-state index in [2.05, 4.69) is 14.1 Å². The lowest BCUT2D eigenvalue weighted by Crippen LogP contribution is -3.05. The van der Waals surface area contributed by atoms with Crippen LogP contribution in [-0.2, 0) is 4.74 Å². The van der Waals surface area contributed by atoms with Gasteiger partial charge in [-0.25, -0.2) is 9.69 Å². The summed E-state index contributed by atoms with van der Waals surface area (Å²) in [7, 11) is 4.18. The Hall–Kier alpha value is -2.59. The van der Waals surface area contributed by atoms with Crippen LogP contribution in [0.1, 0.15) is 17.5 Å². The molecule has 0 atom stereocenters. The van der Waals surface area contributed by atoms with Crippen molar-refractivity contribution < 1.29 is 14.4 Å². The van der Waals surface area contributed by atoms with Crippen LogP contribution < -0.4 is 9.80 Å². The Kier molecular flexibility index (Phi) is 4.96. The number of quaternary nitrogens is 1. The van der Waals surface area contributed by atoms with Crippen LogP contribution in [0.3, 0.4) is 0 Å². The highest BCUT2D eigenvalue weighted by Crippen LogP contribution is 2.36.